The number of aliphatic hydroxyl groups excluding tert-OH is 2. The summed E-state index contributed by atoms with van der Waals surface area (Å²) in [4.78, 5) is 44.8. The average Bonchev–Trinajstić information content (AvgIpc) is 3.92. The lowest BCUT2D eigenvalue weighted by atomic mass is 9.67. The van der Waals surface area contributed by atoms with E-state index in [0.717, 1.165) is 68.1 Å². The SMILES string of the molecule is COC[C@@H](CCO)c1c(CO)c2ccc3c(c2oc1=O)[C@H]1OC(=O)C[C@H]2C[C@@H](c4cccc(Cc5ccccc5)c4)CC[C@H]2c2ccc4cc2CC#CC[C@@](C2CCCC2)(O3)[C@H]1OC(=O)C(=C(C)C)CC4. The van der Waals surface area contributed by atoms with Crippen LogP contribution in [-0.4, -0.2) is 54.2 Å². The van der Waals surface area contributed by atoms with Crippen molar-refractivity contribution in [1.82, 2.24) is 0 Å². The van der Waals surface area contributed by atoms with Crippen molar-refractivity contribution < 1.29 is 43.2 Å². The van der Waals surface area contributed by atoms with E-state index in [1.54, 1.807) is 12.1 Å². The highest BCUT2D eigenvalue weighted by Crippen LogP contribution is 2.55. The maximum atomic E-state index is 15.4. The van der Waals surface area contributed by atoms with Crippen molar-refractivity contribution in [3.8, 4) is 17.6 Å². The summed E-state index contributed by atoms with van der Waals surface area (Å²) in [6.45, 7) is 3.23. The molecule has 71 heavy (non-hydrogen) atoms. The number of aryl methyl sites for hydroxylation is 1. The summed E-state index contributed by atoms with van der Waals surface area (Å²) in [7, 11) is 1.52. The van der Waals surface area contributed by atoms with Crippen LogP contribution < -0.4 is 10.4 Å². The molecule has 370 valence electrons. The minimum absolute atomic E-state index is 0.0536. The topological polar surface area (TPSA) is 142 Å². The van der Waals surface area contributed by atoms with Crippen LogP contribution in [0, 0.1) is 23.7 Å². The van der Waals surface area contributed by atoms with Crippen molar-refractivity contribution >= 4 is 22.9 Å². The highest BCUT2D eigenvalue weighted by molar-refractivity contribution is 5.90. The summed E-state index contributed by atoms with van der Waals surface area (Å²) in [5.41, 5.74) is 7.54. The van der Waals surface area contributed by atoms with Gasteiger partial charge in [0.25, 0.3) is 0 Å². The van der Waals surface area contributed by atoms with E-state index in [2.05, 4.69) is 78.6 Å². The van der Waals surface area contributed by atoms with Crippen LogP contribution in [0.4, 0.5) is 0 Å². The molecular weight excluding hydrogens is 893 g/mol. The Bertz CT molecular complexity index is 2940. The Morgan fingerprint density at radius 1 is 0.873 bits per heavy atom. The number of aliphatic hydroxyl groups is 2. The van der Waals surface area contributed by atoms with Crippen LogP contribution in [0.3, 0.4) is 0 Å². The summed E-state index contributed by atoms with van der Waals surface area (Å²) in [6.07, 6.45) is 6.50. The maximum absolute atomic E-state index is 15.4. The first-order valence-electron chi connectivity index (χ1n) is 25.9. The summed E-state index contributed by atoms with van der Waals surface area (Å²) in [5, 5.41) is 21.5. The van der Waals surface area contributed by atoms with Gasteiger partial charge in [-0.1, -0.05) is 103 Å². The molecule has 2 fully saturated rings. The number of hydrogen-bond acceptors (Lipinski definition) is 10. The molecule has 10 nitrogen and oxygen atoms in total. The van der Waals surface area contributed by atoms with Crippen molar-refractivity contribution in [2.75, 3.05) is 20.3 Å². The van der Waals surface area contributed by atoms with Gasteiger partial charge in [0.05, 0.1) is 25.2 Å². The minimum atomic E-state index is -1.27. The molecule has 0 amide bonds. The monoisotopic (exact) mass is 958 g/mol. The van der Waals surface area contributed by atoms with Gasteiger partial charge in [-0.05, 0) is 140 Å². The molecule has 4 aromatic carbocycles. The van der Waals surface area contributed by atoms with Gasteiger partial charge in [-0.15, -0.1) is 0 Å². The van der Waals surface area contributed by atoms with Gasteiger partial charge < -0.3 is 33.6 Å². The highest BCUT2D eigenvalue weighted by Gasteiger charge is 2.59. The number of hydrogen-bond donors (Lipinski definition) is 2. The van der Waals surface area contributed by atoms with E-state index in [0.29, 0.717) is 41.5 Å². The number of methoxy groups -OCH3 is 1. The van der Waals surface area contributed by atoms with Crippen LogP contribution in [0.2, 0.25) is 0 Å². The lowest BCUT2D eigenvalue weighted by Gasteiger charge is -2.49. The fraction of sp³-hybridized carbons (Fsp3) is 0.459. The van der Waals surface area contributed by atoms with Crippen molar-refractivity contribution in [3.63, 3.8) is 0 Å². The van der Waals surface area contributed by atoms with E-state index in [1.165, 1.54) is 29.4 Å². The van der Waals surface area contributed by atoms with E-state index in [1.807, 2.05) is 19.9 Å². The van der Waals surface area contributed by atoms with Crippen LogP contribution >= 0.6 is 0 Å². The summed E-state index contributed by atoms with van der Waals surface area (Å²) >= 11 is 0. The Labute approximate surface area is 416 Å². The number of benzene rings is 4. The molecule has 1 aromatic heterocycles. The quantitative estimate of drug-likeness (QED) is 0.0601. The molecular formula is C61H66O10. The van der Waals surface area contributed by atoms with E-state index in [4.69, 9.17) is 23.4 Å². The Hall–Kier alpha value is -5.99. The Balaban J connectivity index is 1.15. The van der Waals surface area contributed by atoms with Crippen molar-refractivity contribution in [1.29, 1.82) is 0 Å². The second kappa shape index (κ2) is 21.0. The lowest BCUT2D eigenvalue weighted by Crippen LogP contribution is -2.59. The Morgan fingerprint density at radius 3 is 2.46 bits per heavy atom. The van der Waals surface area contributed by atoms with E-state index < -0.39 is 47.9 Å². The van der Waals surface area contributed by atoms with Crippen LogP contribution in [0.1, 0.15) is 158 Å². The van der Waals surface area contributed by atoms with E-state index in [9.17, 15) is 15.0 Å². The fourth-order valence-corrected chi connectivity index (χ4v) is 13.0. The fourth-order valence-electron chi connectivity index (χ4n) is 13.0. The Kier molecular flexibility index (Phi) is 14.4. The maximum Gasteiger partial charge on any atom is 0.340 e. The molecule has 0 unspecified atom stereocenters. The number of fused-ring (bicyclic) bond motifs is 9. The predicted molar refractivity (Wildman–Crippen MR) is 271 cm³/mol. The highest BCUT2D eigenvalue weighted by atomic mass is 16.6. The minimum Gasteiger partial charge on any atom is -0.481 e. The standard InChI is InChI=1S/C61H66O10/c1-37(2)47-22-19-39-20-23-48-43(31-39)15-9-10-28-61(46-17-7-8-18-46)58(70-59(47)65)57(55-52(71-61)26-25-50-51(35-63)54(60(66)69-56(50)55)44(27-29-62)36-67-3)68-53(64)34-45-33-42(21-24-49(45)48)41-16-11-14-40(32-41)30-38-12-5-4-6-13-38/h4-6,11-14,16,20,23,25-26,31-32,42,44-46,49,57-58,62-63H,7-8,15,17-19,21-22,24,27-30,33-36H2,1-3H3/t42-,44+,45+,49+,57+,58-,61-/m0/s1. The van der Waals surface area contributed by atoms with Gasteiger partial charge in [-0.25, -0.2) is 9.59 Å². The largest absolute Gasteiger partial charge is 0.481 e. The third kappa shape index (κ3) is 9.61. The third-order valence-corrected chi connectivity index (χ3v) is 16.5. The van der Waals surface area contributed by atoms with Gasteiger partial charge >= 0.3 is 17.6 Å². The summed E-state index contributed by atoms with van der Waals surface area (Å²) in [6, 6.07) is 29.7. The number of allylic oxidation sites excluding steroid dienone is 1. The van der Waals surface area contributed by atoms with Crippen LogP contribution in [0.5, 0.6) is 5.75 Å². The lowest BCUT2D eigenvalue weighted by molar-refractivity contribution is -0.201. The van der Waals surface area contributed by atoms with Gasteiger partial charge in [-0.3, -0.25) is 4.79 Å². The molecule has 2 N–H and O–H groups in total. The summed E-state index contributed by atoms with van der Waals surface area (Å²) < 4.78 is 33.1. The van der Waals surface area contributed by atoms with Crippen molar-refractivity contribution in [3.05, 3.63) is 157 Å². The smallest absolute Gasteiger partial charge is 0.340 e. The second-order valence-corrected chi connectivity index (χ2v) is 20.9. The van der Waals surface area contributed by atoms with E-state index >= 15 is 9.59 Å². The molecule has 0 spiro atoms. The van der Waals surface area contributed by atoms with Gasteiger partial charge in [0, 0.05) is 54.9 Å². The first kappa shape index (κ1) is 48.6. The second-order valence-electron chi connectivity index (χ2n) is 20.9. The van der Waals surface area contributed by atoms with E-state index in [-0.39, 0.29) is 72.9 Å². The van der Waals surface area contributed by atoms with Gasteiger partial charge in [0.1, 0.15) is 11.3 Å². The number of rotatable bonds is 10. The molecule has 10 heteroatoms. The number of esters is 2. The normalized spacial score (nSPS) is 24.9. The zero-order valence-electron chi connectivity index (χ0n) is 41.3. The Morgan fingerprint density at radius 2 is 1.69 bits per heavy atom. The molecule has 7 atom stereocenters. The molecule has 0 saturated heterocycles. The number of carbonyl (C=O) groups is 2. The summed E-state index contributed by atoms with van der Waals surface area (Å²) in [5.74, 6) is 5.99. The molecule has 10 rings (SSSR count). The molecule has 5 aliphatic rings. The number of ether oxygens (including phenoxy) is 4. The van der Waals surface area contributed by atoms with Gasteiger partial charge in [0.2, 0.25) is 0 Å². The first-order valence-corrected chi connectivity index (χ1v) is 25.9. The van der Waals surface area contributed by atoms with Gasteiger partial charge in [0.15, 0.2) is 17.8 Å². The first-order chi connectivity index (χ1) is 34.6. The van der Waals surface area contributed by atoms with Crippen LogP contribution in [-0.2, 0) is 49.7 Å². The zero-order chi connectivity index (χ0) is 49.2. The van der Waals surface area contributed by atoms with Crippen LogP contribution in [0.25, 0.3) is 11.0 Å². The van der Waals surface area contributed by atoms with Gasteiger partial charge in [-0.2, -0.15) is 0 Å². The average molecular weight is 959 g/mol. The molecule has 5 aromatic rings. The molecule has 2 saturated carbocycles. The molecule has 0 radical (unpaired) electrons. The number of carbonyl (C=O) groups excluding carboxylic acids is 2. The molecule has 2 aliphatic carbocycles. The predicted octanol–water partition coefficient (Wildman–Crippen LogP) is 10.8. The molecule has 4 heterocycles. The van der Waals surface area contributed by atoms with Crippen molar-refractivity contribution in [2.45, 2.75) is 146 Å². The third-order valence-electron chi connectivity index (χ3n) is 16.5. The zero-order valence-corrected chi connectivity index (χ0v) is 41.3. The van der Waals surface area contributed by atoms with Crippen LogP contribution in [0.15, 0.2) is 105 Å². The molecule has 3 aliphatic heterocycles. The van der Waals surface area contributed by atoms with Crippen molar-refractivity contribution in [2.24, 2.45) is 11.8 Å². The molecule has 5 bridgehead atoms.